The summed E-state index contributed by atoms with van der Waals surface area (Å²) >= 11 is 0. The van der Waals surface area contributed by atoms with Crippen LogP contribution < -0.4 is 20.5 Å². The number of benzene rings is 2. The molecule has 0 bridgehead atoms. The average molecular weight is 666 g/mol. The maximum Gasteiger partial charge on any atom is 0.406 e. The van der Waals surface area contributed by atoms with Gasteiger partial charge in [0.05, 0.1) is 48.7 Å². The number of hydrogen-bond donors (Lipinski definition) is 3. The highest BCUT2D eigenvalue weighted by atomic mass is 32.2. The van der Waals surface area contributed by atoms with Gasteiger partial charge in [0.1, 0.15) is 12.3 Å². The van der Waals surface area contributed by atoms with Gasteiger partial charge in [0.25, 0.3) is 0 Å². The lowest BCUT2D eigenvalue weighted by atomic mass is 9.89. The van der Waals surface area contributed by atoms with Gasteiger partial charge in [-0.2, -0.15) is 13.2 Å². The minimum absolute atomic E-state index is 0.0682. The van der Waals surface area contributed by atoms with Crippen molar-refractivity contribution in [3.63, 3.8) is 0 Å². The number of anilines is 2. The predicted octanol–water partition coefficient (Wildman–Crippen LogP) is 4.64. The number of ether oxygens (including phenoxy) is 3. The van der Waals surface area contributed by atoms with Crippen molar-refractivity contribution in [1.82, 2.24) is 9.47 Å². The van der Waals surface area contributed by atoms with Crippen molar-refractivity contribution < 1.29 is 35.8 Å². The Balaban J connectivity index is 1.51. The van der Waals surface area contributed by atoms with E-state index in [0.29, 0.717) is 35.8 Å². The summed E-state index contributed by atoms with van der Waals surface area (Å²) in [6.45, 7) is 1.88. The summed E-state index contributed by atoms with van der Waals surface area (Å²) in [5, 5.41) is 12.5. The van der Waals surface area contributed by atoms with Crippen molar-refractivity contribution in [3.8, 4) is 17.6 Å². The quantitative estimate of drug-likeness (QED) is 0.213. The Bertz CT molecular complexity index is 1620. The second-order valence-electron chi connectivity index (χ2n) is 11.2. The Hall–Kier alpha value is -3.48. The van der Waals surface area contributed by atoms with Gasteiger partial charge in [-0.25, -0.2) is 13.6 Å². The molecule has 0 aliphatic heterocycles. The molecule has 1 aromatic heterocycles. The lowest BCUT2D eigenvalue weighted by molar-refractivity contribution is -0.140. The maximum absolute atomic E-state index is 13.7. The van der Waals surface area contributed by atoms with Crippen molar-refractivity contribution in [2.45, 2.75) is 55.4 Å². The fourth-order valence-electron chi connectivity index (χ4n) is 5.83. The van der Waals surface area contributed by atoms with E-state index in [2.05, 4.69) is 27.4 Å². The largest absolute Gasteiger partial charge is 0.495 e. The molecule has 1 aliphatic carbocycles. The SMILES string of the molecule is COCCN(CCOC)C1CCC(Nc2cccc3c2cc(C#CCNc2ccc(S(N)(=O)=O)cc2OC)n3CC(F)(F)F)CC1. The molecule has 0 atom stereocenters. The first-order valence-electron chi connectivity index (χ1n) is 15.0. The summed E-state index contributed by atoms with van der Waals surface area (Å²) < 4.78 is 81.4. The monoisotopic (exact) mass is 665 g/mol. The van der Waals surface area contributed by atoms with Crippen LogP contribution in [-0.4, -0.2) is 90.3 Å². The zero-order chi connectivity index (χ0) is 33.3. The van der Waals surface area contributed by atoms with Crippen LogP contribution >= 0.6 is 0 Å². The molecular weight excluding hydrogens is 623 g/mol. The number of hydrogen-bond acceptors (Lipinski definition) is 8. The van der Waals surface area contributed by atoms with E-state index in [1.807, 2.05) is 6.07 Å². The van der Waals surface area contributed by atoms with Gasteiger partial charge in [0.15, 0.2) is 0 Å². The number of sulfonamides is 1. The first-order chi connectivity index (χ1) is 21.9. The number of aromatic nitrogens is 1. The molecule has 252 valence electrons. The maximum atomic E-state index is 13.7. The molecule has 1 aliphatic rings. The Labute approximate surface area is 268 Å². The number of halogens is 3. The average Bonchev–Trinajstić information content (AvgIpc) is 3.36. The first kappa shape index (κ1) is 35.4. The lowest BCUT2D eigenvalue weighted by Gasteiger charge is -2.37. The summed E-state index contributed by atoms with van der Waals surface area (Å²) in [7, 11) is 0.860. The number of alkyl halides is 3. The highest BCUT2D eigenvalue weighted by Gasteiger charge is 2.30. The van der Waals surface area contributed by atoms with Crippen molar-refractivity contribution in [3.05, 3.63) is 48.2 Å². The van der Waals surface area contributed by atoms with Crippen LogP contribution in [0.15, 0.2) is 47.4 Å². The molecule has 0 unspecified atom stereocenters. The van der Waals surface area contributed by atoms with Crippen LogP contribution in [-0.2, 0) is 26.0 Å². The molecule has 0 radical (unpaired) electrons. The van der Waals surface area contributed by atoms with Gasteiger partial charge in [-0.3, -0.25) is 4.90 Å². The third-order valence-electron chi connectivity index (χ3n) is 8.11. The Morgan fingerprint density at radius 1 is 1.00 bits per heavy atom. The fraction of sp³-hybridized carbons (Fsp3) is 0.500. The molecule has 0 spiro atoms. The van der Waals surface area contributed by atoms with E-state index in [9.17, 15) is 21.6 Å². The van der Waals surface area contributed by atoms with Gasteiger partial charge >= 0.3 is 6.18 Å². The number of nitrogens with one attached hydrogen (secondary N) is 2. The zero-order valence-corrected chi connectivity index (χ0v) is 27.1. The molecule has 0 amide bonds. The van der Waals surface area contributed by atoms with Crippen LogP contribution in [0.2, 0.25) is 0 Å². The van der Waals surface area contributed by atoms with Gasteiger partial charge < -0.3 is 29.4 Å². The van der Waals surface area contributed by atoms with E-state index in [1.54, 1.807) is 32.4 Å². The van der Waals surface area contributed by atoms with Crippen LogP contribution in [0.25, 0.3) is 10.9 Å². The van der Waals surface area contributed by atoms with E-state index in [4.69, 9.17) is 19.3 Å². The summed E-state index contributed by atoms with van der Waals surface area (Å²) in [6, 6.07) is 11.7. The van der Waals surface area contributed by atoms with Gasteiger partial charge in [0, 0.05) is 56.5 Å². The molecule has 1 heterocycles. The highest BCUT2D eigenvalue weighted by molar-refractivity contribution is 7.89. The molecule has 14 heteroatoms. The molecule has 1 fully saturated rings. The number of fused-ring (bicyclic) bond motifs is 1. The van der Waals surface area contributed by atoms with E-state index in [-0.39, 0.29) is 28.9 Å². The molecule has 0 saturated heterocycles. The second-order valence-corrected chi connectivity index (χ2v) is 12.8. The van der Waals surface area contributed by atoms with Crippen molar-refractivity contribution in [1.29, 1.82) is 0 Å². The summed E-state index contributed by atoms with van der Waals surface area (Å²) in [5.74, 6) is 6.02. The smallest absolute Gasteiger partial charge is 0.406 e. The zero-order valence-electron chi connectivity index (χ0n) is 26.3. The molecule has 1 saturated carbocycles. The van der Waals surface area contributed by atoms with Crippen LogP contribution in [0.3, 0.4) is 0 Å². The topological polar surface area (TPSA) is 120 Å². The van der Waals surface area contributed by atoms with Crippen LogP contribution in [0.5, 0.6) is 5.75 Å². The first-order valence-corrected chi connectivity index (χ1v) is 16.6. The van der Waals surface area contributed by atoms with Crippen molar-refractivity contribution in [2.75, 3.05) is 64.8 Å². The molecule has 10 nitrogen and oxygen atoms in total. The Kier molecular flexibility index (Phi) is 12.2. The molecule has 46 heavy (non-hydrogen) atoms. The van der Waals surface area contributed by atoms with E-state index in [1.165, 1.54) is 29.9 Å². The van der Waals surface area contributed by atoms with Crippen molar-refractivity contribution in [2.24, 2.45) is 5.14 Å². The summed E-state index contributed by atoms with van der Waals surface area (Å²) in [4.78, 5) is 2.30. The van der Waals surface area contributed by atoms with Crippen LogP contribution in [0.4, 0.5) is 24.5 Å². The molecule has 2 aromatic carbocycles. The predicted molar refractivity (Wildman–Crippen MR) is 173 cm³/mol. The number of methoxy groups -OCH3 is 3. The molecule has 4 rings (SSSR count). The standard InChI is InChI=1S/C32H42F3N5O5S/c1-43-18-16-39(17-19-44-2)24-11-9-23(10-12-24)38-28-7-4-8-30-27(28)20-25(40(30)22-32(33,34)35)6-5-15-37-29-14-13-26(46(36,41)42)21-31(29)45-3/h4,7-8,13-14,20-21,23-24,37-38H,9-12,15-19,22H2,1-3H3,(H2,36,41,42). The van der Waals surface area contributed by atoms with E-state index >= 15 is 0 Å². The van der Waals surface area contributed by atoms with Gasteiger partial charge in [-0.15, -0.1) is 0 Å². The molecular formula is C32H42F3N5O5S. The molecule has 3 aromatic rings. The highest BCUT2D eigenvalue weighted by Crippen LogP contribution is 2.33. The Morgan fingerprint density at radius 3 is 2.30 bits per heavy atom. The Morgan fingerprint density at radius 2 is 1.70 bits per heavy atom. The number of nitrogens with two attached hydrogens (primary N) is 1. The van der Waals surface area contributed by atoms with Gasteiger partial charge in [-0.1, -0.05) is 12.0 Å². The van der Waals surface area contributed by atoms with Crippen LogP contribution in [0.1, 0.15) is 31.4 Å². The van der Waals surface area contributed by atoms with E-state index < -0.39 is 22.7 Å². The van der Waals surface area contributed by atoms with Crippen molar-refractivity contribution >= 4 is 32.3 Å². The van der Waals surface area contributed by atoms with Crippen LogP contribution in [0, 0.1) is 11.8 Å². The summed E-state index contributed by atoms with van der Waals surface area (Å²) in [6.07, 6.45) is -0.592. The van der Waals surface area contributed by atoms with E-state index in [0.717, 1.165) is 44.5 Å². The number of rotatable bonds is 14. The lowest BCUT2D eigenvalue weighted by Crippen LogP contribution is -2.43. The summed E-state index contributed by atoms with van der Waals surface area (Å²) in [5.41, 5.74) is 1.91. The second kappa shape index (κ2) is 15.9. The van der Waals surface area contributed by atoms with Gasteiger partial charge in [0.2, 0.25) is 10.0 Å². The molecule has 4 N–H and O–H groups in total. The fourth-order valence-corrected chi connectivity index (χ4v) is 6.36. The minimum Gasteiger partial charge on any atom is -0.495 e. The van der Waals surface area contributed by atoms with Gasteiger partial charge in [-0.05, 0) is 61.9 Å². The number of nitrogens with zero attached hydrogens (tertiary/aromatic N) is 2. The minimum atomic E-state index is -4.45. The number of primary sulfonamides is 1. The third-order valence-corrected chi connectivity index (χ3v) is 9.02. The third kappa shape index (κ3) is 9.52. The normalized spacial score (nSPS) is 17.1.